The van der Waals surface area contributed by atoms with Crippen LogP contribution in [0.4, 0.5) is 4.39 Å². The van der Waals surface area contributed by atoms with E-state index in [1.54, 1.807) is 6.07 Å². The normalized spacial score (nSPS) is 19.1. The number of benzene rings is 3. The highest BCUT2D eigenvalue weighted by Crippen LogP contribution is 2.32. The fourth-order valence-electron chi connectivity index (χ4n) is 5.29. The molecule has 0 saturated carbocycles. The van der Waals surface area contributed by atoms with Gasteiger partial charge in [-0.2, -0.15) is 0 Å². The van der Waals surface area contributed by atoms with Crippen LogP contribution in [0.2, 0.25) is 0 Å². The van der Waals surface area contributed by atoms with E-state index in [0.717, 1.165) is 34.4 Å². The Balaban J connectivity index is 1.58. The Bertz CT molecular complexity index is 1440. The molecule has 1 amide bonds. The first-order valence-corrected chi connectivity index (χ1v) is 12.6. The van der Waals surface area contributed by atoms with Gasteiger partial charge in [0, 0.05) is 22.5 Å². The highest BCUT2D eigenvalue weighted by molar-refractivity contribution is 9.10. The quantitative estimate of drug-likeness (QED) is 0.430. The molecule has 0 N–H and O–H groups in total. The van der Waals surface area contributed by atoms with E-state index in [4.69, 9.17) is 0 Å². The molecule has 0 radical (unpaired) electrons. The molecule has 172 valence electrons. The number of amides is 1. The molecule has 3 aromatic rings. The Hall–Kier alpha value is -2.98. The summed E-state index contributed by atoms with van der Waals surface area (Å²) in [6.07, 6.45) is 5.77. The van der Waals surface area contributed by atoms with Crippen LogP contribution < -0.4 is 10.4 Å². The van der Waals surface area contributed by atoms with Crippen molar-refractivity contribution in [1.29, 1.82) is 0 Å². The lowest BCUT2D eigenvalue weighted by atomic mass is 9.85. The molecule has 3 aromatic carbocycles. The van der Waals surface area contributed by atoms with Crippen LogP contribution in [-0.4, -0.2) is 17.4 Å². The number of allylic oxidation sites excluding steroid dienone is 1. The first-order valence-electron chi connectivity index (χ1n) is 11.8. The molecule has 1 heterocycles. The minimum atomic E-state index is -0.267. The molecule has 1 unspecified atom stereocenters. The van der Waals surface area contributed by atoms with Gasteiger partial charge in [0.05, 0.1) is 6.04 Å². The fourth-order valence-corrected chi connectivity index (χ4v) is 5.62. The number of rotatable bonds is 3. The second kappa shape index (κ2) is 8.99. The molecular weight excluding hydrogens is 489 g/mol. The summed E-state index contributed by atoms with van der Waals surface area (Å²) in [5.74, 6) is -0.488. The van der Waals surface area contributed by atoms with Gasteiger partial charge in [0.1, 0.15) is 5.82 Å². The highest BCUT2D eigenvalue weighted by Gasteiger charge is 2.28. The van der Waals surface area contributed by atoms with E-state index in [-0.39, 0.29) is 23.7 Å². The standard InChI is InChI=1S/C30H27BrFNO/c1-4-20-14-23(30(34)33-12-11-21-7-5-6-8-25(21)19(33)3)15-22-16-27(18(2)13-28(20)22)26-10-9-24(31)17-29(26)32/h5-10,13-17,19,27H,2,4,11-12H2,1,3H3/t19-,27?/m1/s1. The zero-order valence-corrected chi connectivity index (χ0v) is 21.0. The number of carbonyl (C=O) groups excluding carboxylic acids is 1. The van der Waals surface area contributed by atoms with Crippen LogP contribution in [0, 0.1) is 5.82 Å². The third-order valence-electron chi connectivity index (χ3n) is 7.15. The van der Waals surface area contributed by atoms with Gasteiger partial charge in [-0.3, -0.25) is 4.79 Å². The first-order chi connectivity index (χ1) is 16.4. The molecule has 1 aliphatic carbocycles. The number of aryl methyl sites for hydroxylation is 1. The molecule has 0 fully saturated rings. The van der Waals surface area contributed by atoms with E-state index in [1.165, 1.54) is 17.2 Å². The van der Waals surface area contributed by atoms with Crippen molar-refractivity contribution in [3.8, 4) is 0 Å². The average Bonchev–Trinajstić information content (AvgIpc) is 2.83. The number of halogens is 2. The maximum atomic E-state index is 14.8. The largest absolute Gasteiger partial charge is 0.332 e. The number of hydrogen-bond donors (Lipinski definition) is 0. The molecular formula is C30H27BrFNO. The summed E-state index contributed by atoms with van der Waals surface area (Å²) in [4.78, 5) is 15.7. The Morgan fingerprint density at radius 2 is 1.94 bits per heavy atom. The predicted molar refractivity (Wildman–Crippen MR) is 140 cm³/mol. The summed E-state index contributed by atoms with van der Waals surface area (Å²) in [6, 6.07) is 17.5. The van der Waals surface area contributed by atoms with Crippen LogP contribution in [0.25, 0.3) is 12.2 Å². The summed E-state index contributed by atoms with van der Waals surface area (Å²) in [6.45, 7) is 9.14. The van der Waals surface area contributed by atoms with Gasteiger partial charge in [-0.15, -0.1) is 0 Å². The van der Waals surface area contributed by atoms with Gasteiger partial charge < -0.3 is 4.90 Å². The second-order valence-corrected chi connectivity index (χ2v) is 10.1. The average molecular weight is 516 g/mol. The predicted octanol–water partition coefficient (Wildman–Crippen LogP) is 5.82. The summed E-state index contributed by atoms with van der Waals surface area (Å²) >= 11 is 3.34. The van der Waals surface area contributed by atoms with Crippen LogP contribution in [0.15, 0.2) is 71.2 Å². The van der Waals surface area contributed by atoms with Crippen LogP contribution in [0.3, 0.4) is 0 Å². The SMILES string of the molecule is C=C1C=c2c(CC)cc(C(=O)N3CCc4ccccc4[C@H]3C)cc2=CC1c1ccc(Br)cc1F. The molecule has 0 spiro atoms. The first kappa shape index (κ1) is 22.8. The van der Waals surface area contributed by atoms with E-state index in [2.05, 4.69) is 60.6 Å². The van der Waals surface area contributed by atoms with Gasteiger partial charge in [0.25, 0.3) is 5.91 Å². The minimum absolute atomic E-state index is 0.0264. The van der Waals surface area contributed by atoms with Gasteiger partial charge in [-0.25, -0.2) is 4.39 Å². The summed E-state index contributed by atoms with van der Waals surface area (Å²) < 4.78 is 15.5. The summed E-state index contributed by atoms with van der Waals surface area (Å²) in [5, 5.41) is 2.04. The monoisotopic (exact) mass is 515 g/mol. The lowest BCUT2D eigenvalue weighted by molar-refractivity contribution is 0.0677. The van der Waals surface area contributed by atoms with Crippen molar-refractivity contribution < 1.29 is 9.18 Å². The van der Waals surface area contributed by atoms with Gasteiger partial charge in [-0.1, -0.05) is 71.9 Å². The lowest BCUT2D eigenvalue weighted by Crippen LogP contribution is -2.40. The smallest absolute Gasteiger partial charge is 0.254 e. The molecule has 1 aliphatic heterocycles. The zero-order chi connectivity index (χ0) is 24.0. The second-order valence-electron chi connectivity index (χ2n) is 9.14. The maximum absolute atomic E-state index is 14.8. The van der Waals surface area contributed by atoms with E-state index in [1.807, 2.05) is 35.2 Å². The zero-order valence-electron chi connectivity index (χ0n) is 19.4. The number of carbonyl (C=O) groups is 1. The fraction of sp³-hybridized carbons (Fsp3) is 0.233. The van der Waals surface area contributed by atoms with Crippen molar-refractivity contribution in [2.45, 2.75) is 38.6 Å². The van der Waals surface area contributed by atoms with Crippen LogP contribution in [-0.2, 0) is 12.8 Å². The van der Waals surface area contributed by atoms with Crippen molar-refractivity contribution in [3.05, 3.63) is 115 Å². The van der Waals surface area contributed by atoms with Gasteiger partial charge >= 0.3 is 0 Å². The molecule has 0 saturated heterocycles. The Kier molecular flexibility index (Phi) is 6.03. The van der Waals surface area contributed by atoms with E-state index >= 15 is 0 Å². The van der Waals surface area contributed by atoms with Gasteiger partial charge in [0.2, 0.25) is 0 Å². The molecule has 5 rings (SSSR count). The maximum Gasteiger partial charge on any atom is 0.254 e. The summed E-state index contributed by atoms with van der Waals surface area (Å²) in [5.41, 5.74) is 5.78. The van der Waals surface area contributed by atoms with Crippen molar-refractivity contribution in [3.63, 3.8) is 0 Å². The van der Waals surface area contributed by atoms with Crippen molar-refractivity contribution in [1.82, 2.24) is 4.90 Å². The Morgan fingerprint density at radius 1 is 1.15 bits per heavy atom. The summed E-state index contributed by atoms with van der Waals surface area (Å²) in [7, 11) is 0. The van der Waals surface area contributed by atoms with Gasteiger partial charge in [0.15, 0.2) is 0 Å². The van der Waals surface area contributed by atoms with Gasteiger partial charge in [-0.05, 0) is 82.3 Å². The van der Waals surface area contributed by atoms with Crippen LogP contribution >= 0.6 is 15.9 Å². The lowest BCUT2D eigenvalue weighted by Gasteiger charge is -2.35. The number of nitrogens with zero attached hydrogens (tertiary/aromatic N) is 1. The molecule has 0 aromatic heterocycles. The highest BCUT2D eigenvalue weighted by atomic mass is 79.9. The Morgan fingerprint density at radius 3 is 2.71 bits per heavy atom. The third kappa shape index (κ3) is 3.94. The molecule has 0 bridgehead atoms. The van der Waals surface area contributed by atoms with E-state index in [0.29, 0.717) is 22.1 Å². The molecule has 2 nitrogen and oxygen atoms in total. The van der Waals surface area contributed by atoms with E-state index < -0.39 is 0 Å². The van der Waals surface area contributed by atoms with Crippen molar-refractivity contribution in [2.24, 2.45) is 0 Å². The minimum Gasteiger partial charge on any atom is -0.332 e. The van der Waals surface area contributed by atoms with E-state index in [9.17, 15) is 9.18 Å². The molecule has 2 aliphatic rings. The third-order valence-corrected chi connectivity index (χ3v) is 7.65. The van der Waals surface area contributed by atoms with Crippen LogP contribution in [0.5, 0.6) is 0 Å². The van der Waals surface area contributed by atoms with Crippen molar-refractivity contribution in [2.75, 3.05) is 6.54 Å². The Labute approximate surface area is 208 Å². The molecule has 34 heavy (non-hydrogen) atoms. The van der Waals surface area contributed by atoms with Crippen LogP contribution in [0.1, 0.15) is 58.4 Å². The molecule has 4 heteroatoms. The number of fused-ring (bicyclic) bond motifs is 2. The topological polar surface area (TPSA) is 20.3 Å². The number of hydrogen-bond acceptors (Lipinski definition) is 1. The van der Waals surface area contributed by atoms with Crippen molar-refractivity contribution >= 4 is 34.0 Å². The molecule has 2 atom stereocenters.